The molecule has 8 heteroatoms. The molecule has 2 N–H and O–H groups in total. The largest absolute Gasteiger partial charge is 0.325 e. The molecule has 0 bridgehead atoms. The molecule has 0 spiro atoms. The van der Waals surface area contributed by atoms with Crippen molar-refractivity contribution in [2.45, 2.75) is 25.3 Å². The number of hydrogen-bond donors (Lipinski definition) is 2. The van der Waals surface area contributed by atoms with Gasteiger partial charge in [0.1, 0.15) is 17.1 Å². The molecule has 35 heavy (non-hydrogen) atoms. The highest BCUT2D eigenvalue weighted by Crippen LogP contribution is 2.31. The summed E-state index contributed by atoms with van der Waals surface area (Å²) < 4.78 is 1.09. The fourth-order valence-corrected chi connectivity index (χ4v) is 5.13. The topological polar surface area (TPSA) is 91.4 Å². The van der Waals surface area contributed by atoms with E-state index in [2.05, 4.69) is 15.6 Å². The van der Waals surface area contributed by atoms with Crippen LogP contribution in [0.2, 0.25) is 0 Å². The van der Waals surface area contributed by atoms with Crippen molar-refractivity contribution in [3.63, 3.8) is 0 Å². The zero-order chi connectivity index (χ0) is 24.4. The minimum Gasteiger partial charge on any atom is -0.325 e. The first-order chi connectivity index (χ1) is 16.9. The summed E-state index contributed by atoms with van der Waals surface area (Å²) >= 11 is 1.58. The number of aryl methyl sites for hydroxylation is 1. The van der Waals surface area contributed by atoms with Crippen LogP contribution in [0.15, 0.2) is 78.9 Å². The molecule has 1 aliphatic heterocycles. The fraction of sp³-hybridized carbons (Fsp3) is 0.185. The number of rotatable bonds is 7. The lowest BCUT2D eigenvalue weighted by Gasteiger charge is -2.21. The first kappa shape index (κ1) is 22.7. The second kappa shape index (κ2) is 9.31. The molecular formula is C27H24N4O3S. The Bertz CT molecular complexity index is 1390. The average molecular weight is 485 g/mol. The van der Waals surface area contributed by atoms with Crippen molar-refractivity contribution in [2.24, 2.45) is 0 Å². The summed E-state index contributed by atoms with van der Waals surface area (Å²) in [5, 5.41) is 6.42. The van der Waals surface area contributed by atoms with Crippen molar-refractivity contribution in [1.29, 1.82) is 0 Å². The van der Waals surface area contributed by atoms with Crippen LogP contribution in [-0.4, -0.2) is 39.8 Å². The molecule has 4 amide bonds. The maximum absolute atomic E-state index is 13.0. The van der Waals surface area contributed by atoms with Gasteiger partial charge in [-0.3, -0.25) is 14.5 Å². The van der Waals surface area contributed by atoms with Gasteiger partial charge in [-0.1, -0.05) is 54.6 Å². The maximum Gasteiger partial charge on any atom is 0.325 e. The number of thiazole rings is 1. The van der Waals surface area contributed by atoms with E-state index in [9.17, 15) is 14.4 Å². The molecule has 1 fully saturated rings. The molecule has 0 radical (unpaired) electrons. The summed E-state index contributed by atoms with van der Waals surface area (Å²) in [6.07, 6.45) is 1.09. The smallest absolute Gasteiger partial charge is 0.325 e. The molecular weight excluding hydrogens is 460 g/mol. The van der Waals surface area contributed by atoms with Crippen molar-refractivity contribution in [3.8, 4) is 10.6 Å². The number of fused-ring (bicyclic) bond motifs is 1. The normalized spacial score (nSPS) is 17.6. The van der Waals surface area contributed by atoms with Crippen molar-refractivity contribution in [3.05, 3.63) is 84.4 Å². The van der Waals surface area contributed by atoms with E-state index in [1.54, 1.807) is 24.3 Å². The van der Waals surface area contributed by atoms with Crippen LogP contribution in [0, 0.1) is 0 Å². The molecule has 176 valence electrons. The molecule has 1 unspecified atom stereocenters. The van der Waals surface area contributed by atoms with E-state index in [0.717, 1.165) is 31.3 Å². The molecule has 1 saturated heterocycles. The SMILES string of the molecule is CC1(CCc2ccccc2)NC(=O)N(CC(=O)Nc2cccc(-c3nc4ccccc4s3)c2)C1=O. The average Bonchev–Trinajstić information content (AvgIpc) is 3.39. The molecule has 1 atom stereocenters. The number of amides is 4. The van der Waals surface area contributed by atoms with E-state index in [4.69, 9.17) is 0 Å². The lowest BCUT2D eigenvalue weighted by Crippen LogP contribution is -2.45. The minimum absolute atomic E-state index is 0.350. The number of benzene rings is 3. The quantitative estimate of drug-likeness (QED) is 0.367. The van der Waals surface area contributed by atoms with Gasteiger partial charge < -0.3 is 10.6 Å². The van der Waals surface area contributed by atoms with Gasteiger partial charge in [-0.25, -0.2) is 9.78 Å². The Kier molecular flexibility index (Phi) is 6.05. The van der Waals surface area contributed by atoms with Gasteiger partial charge in [0.05, 0.1) is 10.2 Å². The third kappa shape index (κ3) is 4.79. The number of para-hydroxylation sites is 1. The molecule has 0 aliphatic carbocycles. The van der Waals surface area contributed by atoms with Gasteiger partial charge in [-0.15, -0.1) is 11.3 Å². The Morgan fingerprint density at radius 1 is 1.03 bits per heavy atom. The van der Waals surface area contributed by atoms with Crippen molar-refractivity contribution in [2.75, 3.05) is 11.9 Å². The highest BCUT2D eigenvalue weighted by Gasteiger charge is 2.47. The highest BCUT2D eigenvalue weighted by atomic mass is 32.1. The van der Waals surface area contributed by atoms with Crippen LogP contribution >= 0.6 is 11.3 Å². The minimum atomic E-state index is -1.04. The number of urea groups is 1. The van der Waals surface area contributed by atoms with Crippen LogP contribution in [0.25, 0.3) is 20.8 Å². The number of nitrogens with one attached hydrogen (secondary N) is 2. The third-order valence-electron chi connectivity index (χ3n) is 6.09. The monoisotopic (exact) mass is 484 g/mol. The Labute approximate surface area is 206 Å². The van der Waals surface area contributed by atoms with Crippen molar-refractivity contribution < 1.29 is 14.4 Å². The van der Waals surface area contributed by atoms with E-state index in [0.29, 0.717) is 18.5 Å². The van der Waals surface area contributed by atoms with Gasteiger partial charge in [-0.05, 0) is 49.6 Å². The van der Waals surface area contributed by atoms with Gasteiger partial charge in [0, 0.05) is 11.3 Å². The van der Waals surface area contributed by atoms with Gasteiger partial charge >= 0.3 is 6.03 Å². The van der Waals surface area contributed by atoms with E-state index < -0.39 is 23.4 Å². The van der Waals surface area contributed by atoms with Gasteiger partial charge in [0.2, 0.25) is 5.91 Å². The first-order valence-corrected chi connectivity index (χ1v) is 12.2. The summed E-state index contributed by atoms with van der Waals surface area (Å²) in [5.74, 6) is -0.834. The number of hydrogen-bond acceptors (Lipinski definition) is 5. The van der Waals surface area contributed by atoms with Crippen molar-refractivity contribution in [1.82, 2.24) is 15.2 Å². The van der Waals surface area contributed by atoms with Gasteiger partial charge in [0.25, 0.3) is 5.91 Å². The summed E-state index contributed by atoms with van der Waals surface area (Å²) in [7, 11) is 0. The number of carbonyl (C=O) groups excluding carboxylic acids is 3. The van der Waals surface area contributed by atoms with Crippen LogP contribution < -0.4 is 10.6 Å². The predicted molar refractivity (Wildman–Crippen MR) is 137 cm³/mol. The standard InChI is InChI=1S/C27H24N4O3S/c1-27(15-14-18-8-3-2-4-9-18)25(33)31(26(34)30-27)17-23(32)28-20-11-7-10-19(16-20)24-29-21-12-5-6-13-22(21)35-24/h2-13,16H,14-15,17H2,1H3,(H,28,32)(H,30,34). The Hall–Kier alpha value is -4.04. The van der Waals surface area contributed by atoms with E-state index in [-0.39, 0.29) is 6.54 Å². The predicted octanol–water partition coefficient (Wildman–Crippen LogP) is 4.85. The van der Waals surface area contributed by atoms with Crippen LogP contribution in [-0.2, 0) is 16.0 Å². The van der Waals surface area contributed by atoms with Crippen LogP contribution in [0.1, 0.15) is 18.9 Å². The molecule has 0 saturated carbocycles. The van der Waals surface area contributed by atoms with Gasteiger partial charge in [0.15, 0.2) is 0 Å². The van der Waals surface area contributed by atoms with E-state index >= 15 is 0 Å². The number of carbonyl (C=O) groups is 3. The zero-order valence-electron chi connectivity index (χ0n) is 19.2. The Morgan fingerprint density at radius 2 is 1.80 bits per heavy atom. The molecule has 4 aromatic rings. The summed E-state index contributed by atoms with van der Waals surface area (Å²) in [6.45, 7) is 1.35. The fourth-order valence-electron chi connectivity index (χ4n) is 4.17. The number of nitrogens with zero attached hydrogens (tertiary/aromatic N) is 2. The molecule has 2 heterocycles. The molecule has 1 aromatic heterocycles. The Morgan fingerprint density at radius 3 is 2.60 bits per heavy atom. The van der Waals surface area contributed by atoms with E-state index in [1.807, 2.05) is 72.8 Å². The summed E-state index contributed by atoms with van der Waals surface area (Å²) in [6, 6.07) is 24.5. The number of aromatic nitrogens is 1. The van der Waals surface area contributed by atoms with Crippen LogP contribution in [0.4, 0.5) is 10.5 Å². The van der Waals surface area contributed by atoms with Crippen LogP contribution in [0.5, 0.6) is 0 Å². The highest BCUT2D eigenvalue weighted by molar-refractivity contribution is 7.21. The molecule has 5 rings (SSSR count). The summed E-state index contributed by atoms with van der Waals surface area (Å²) in [4.78, 5) is 43.9. The molecule has 7 nitrogen and oxygen atoms in total. The third-order valence-corrected chi connectivity index (χ3v) is 7.18. The summed E-state index contributed by atoms with van der Waals surface area (Å²) in [5.41, 5.74) is 2.42. The van der Waals surface area contributed by atoms with E-state index in [1.165, 1.54) is 0 Å². The zero-order valence-corrected chi connectivity index (χ0v) is 20.0. The lowest BCUT2D eigenvalue weighted by atomic mass is 9.93. The van der Waals surface area contributed by atoms with Crippen LogP contribution in [0.3, 0.4) is 0 Å². The second-order valence-corrected chi connectivity index (χ2v) is 9.79. The Balaban J connectivity index is 1.24. The first-order valence-electron chi connectivity index (χ1n) is 11.4. The molecule has 1 aliphatic rings. The number of imide groups is 1. The molecule has 3 aromatic carbocycles. The van der Waals surface area contributed by atoms with Crippen molar-refractivity contribution >= 4 is 45.1 Å². The second-order valence-electron chi connectivity index (χ2n) is 8.75. The number of anilines is 1. The maximum atomic E-state index is 13.0. The lowest BCUT2D eigenvalue weighted by molar-refractivity contribution is -0.133. The van der Waals surface area contributed by atoms with Gasteiger partial charge in [-0.2, -0.15) is 0 Å².